The van der Waals surface area contributed by atoms with Gasteiger partial charge in [0, 0.05) is 13.1 Å². The van der Waals surface area contributed by atoms with E-state index in [0.717, 1.165) is 30.4 Å². The topological polar surface area (TPSA) is 38.8 Å². The Balaban J connectivity index is 1.67. The van der Waals surface area contributed by atoms with E-state index in [1.165, 1.54) is 0 Å². The molecule has 1 aromatic carbocycles. The summed E-state index contributed by atoms with van der Waals surface area (Å²) in [4.78, 5) is 13.8. The van der Waals surface area contributed by atoms with Crippen molar-refractivity contribution in [3.05, 3.63) is 48.0 Å². The quantitative estimate of drug-likeness (QED) is 0.751. The molecule has 22 heavy (non-hydrogen) atoms. The second kappa shape index (κ2) is 8.59. The van der Waals surface area contributed by atoms with Crippen LogP contribution in [0.4, 0.5) is 4.79 Å². The predicted molar refractivity (Wildman–Crippen MR) is 86.6 cm³/mol. The molecule has 0 spiro atoms. The van der Waals surface area contributed by atoms with Gasteiger partial charge >= 0.3 is 6.09 Å². The Hall–Kier alpha value is -1.81. The number of piperidine rings is 1. The average Bonchev–Trinajstić information content (AvgIpc) is 2.59. The molecule has 2 rings (SSSR count). The van der Waals surface area contributed by atoms with E-state index >= 15 is 0 Å². The number of carbonyl (C=O) groups is 1. The number of hydrogen-bond acceptors (Lipinski definition) is 3. The van der Waals surface area contributed by atoms with Crippen LogP contribution in [0.5, 0.6) is 0 Å². The lowest BCUT2D eigenvalue weighted by molar-refractivity contribution is 0.0142. The van der Waals surface area contributed by atoms with E-state index in [9.17, 15) is 4.79 Å². The van der Waals surface area contributed by atoms with Crippen LogP contribution in [0.1, 0.15) is 31.7 Å². The van der Waals surface area contributed by atoms with Crippen LogP contribution in [0, 0.1) is 0 Å². The van der Waals surface area contributed by atoms with Crippen molar-refractivity contribution in [3.8, 4) is 0 Å². The van der Waals surface area contributed by atoms with Crippen LogP contribution in [-0.4, -0.2) is 36.8 Å². The number of ether oxygens (including phenoxy) is 2. The Morgan fingerprint density at radius 1 is 1.27 bits per heavy atom. The lowest BCUT2D eigenvalue weighted by Crippen LogP contribution is -2.41. The number of nitrogens with zero attached hydrogens (tertiary/aromatic N) is 1. The molecule has 0 atom stereocenters. The molecule has 1 fully saturated rings. The molecule has 4 heteroatoms. The highest BCUT2D eigenvalue weighted by atomic mass is 16.6. The highest BCUT2D eigenvalue weighted by Gasteiger charge is 2.24. The van der Waals surface area contributed by atoms with Gasteiger partial charge in [0.15, 0.2) is 0 Å². The number of benzene rings is 1. The summed E-state index contributed by atoms with van der Waals surface area (Å²) in [6, 6.07) is 9.73. The largest absolute Gasteiger partial charge is 0.445 e. The zero-order valence-electron chi connectivity index (χ0n) is 13.3. The predicted octanol–water partition coefficient (Wildman–Crippen LogP) is 3.77. The van der Waals surface area contributed by atoms with Gasteiger partial charge in [0.2, 0.25) is 0 Å². The van der Waals surface area contributed by atoms with E-state index in [4.69, 9.17) is 9.47 Å². The van der Waals surface area contributed by atoms with Gasteiger partial charge in [0.05, 0.1) is 12.7 Å². The molecule has 0 unspecified atom stereocenters. The summed E-state index contributed by atoms with van der Waals surface area (Å²) >= 11 is 0. The molecule has 1 amide bonds. The van der Waals surface area contributed by atoms with E-state index < -0.39 is 0 Å². The second-order valence-corrected chi connectivity index (χ2v) is 5.64. The number of likely N-dealkylation sites (tertiary alicyclic amines) is 1. The molecule has 1 saturated heterocycles. The molecule has 120 valence electrons. The summed E-state index contributed by atoms with van der Waals surface area (Å²) in [7, 11) is 0. The van der Waals surface area contributed by atoms with Gasteiger partial charge < -0.3 is 14.4 Å². The molecule has 0 bridgehead atoms. The summed E-state index contributed by atoms with van der Waals surface area (Å²) in [5.74, 6) is 0. The molecule has 1 aliphatic rings. The van der Waals surface area contributed by atoms with Crippen LogP contribution in [0.2, 0.25) is 0 Å². The van der Waals surface area contributed by atoms with Gasteiger partial charge in [-0.05, 0) is 24.8 Å². The van der Waals surface area contributed by atoms with Crippen LogP contribution in [0.15, 0.2) is 42.5 Å². The van der Waals surface area contributed by atoms with Crippen molar-refractivity contribution < 1.29 is 14.3 Å². The maximum Gasteiger partial charge on any atom is 0.410 e. The molecular weight excluding hydrogens is 278 g/mol. The van der Waals surface area contributed by atoms with E-state index in [1.807, 2.05) is 30.3 Å². The van der Waals surface area contributed by atoms with Gasteiger partial charge in [-0.2, -0.15) is 0 Å². The van der Waals surface area contributed by atoms with Gasteiger partial charge in [0.25, 0.3) is 0 Å². The number of hydrogen-bond donors (Lipinski definition) is 0. The summed E-state index contributed by atoms with van der Waals surface area (Å²) < 4.78 is 11.2. The van der Waals surface area contributed by atoms with E-state index in [1.54, 1.807) is 4.90 Å². The zero-order valence-corrected chi connectivity index (χ0v) is 13.3. The average molecular weight is 303 g/mol. The van der Waals surface area contributed by atoms with Gasteiger partial charge in [-0.3, -0.25) is 0 Å². The fourth-order valence-corrected chi connectivity index (χ4v) is 2.35. The fourth-order valence-electron chi connectivity index (χ4n) is 2.35. The first-order valence-corrected chi connectivity index (χ1v) is 7.93. The Kier molecular flexibility index (Phi) is 6.46. The first-order chi connectivity index (χ1) is 10.7. The normalized spacial score (nSPS) is 15.6. The molecule has 1 aliphatic heterocycles. The van der Waals surface area contributed by atoms with Crippen LogP contribution in [-0.2, 0) is 16.1 Å². The second-order valence-electron chi connectivity index (χ2n) is 5.64. The van der Waals surface area contributed by atoms with Gasteiger partial charge in [-0.25, -0.2) is 4.79 Å². The summed E-state index contributed by atoms with van der Waals surface area (Å²) in [6.45, 7) is 8.36. The van der Waals surface area contributed by atoms with Crippen molar-refractivity contribution in [1.82, 2.24) is 4.90 Å². The SMILES string of the molecule is C=C(CC)COC1CCN(C(=O)OCc2ccccc2)CC1. The van der Waals surface area contributed by atoms with Gasteiger partial charge in [0.1, 0.15) is 6.61 Å². The summed E-state index contributed by atoms with van der Waals surface area (Å²) in [5.41, 5.74) is 2.12. The third kappa shape index (κ3) is 5.19. The molecule has 0 N–H and O–H groups in total. The van der Waals surface area contributed by atoms with Crippen molar-refractivity contribution >= 4 is 6.09 Å². The van der Waals surface area contributed by atoms with Crippen LogP contribution in [0.3, 0.4) is 0 Å². The molecule has 0 saturated carbocycles. The minimum absolute atomic E-state index is 0.224. The van der Waals surface area contributed by atoms with Crippen molar-refractivity contribution in [2.45, 2.75) is 38.9 Å². The van der Waals surface area contributed by atoms with Gasteiger partial charge in [-0.1, -0.05) is 49.4 Å². The Labute approximate surface area is 132 Å². The Morgan fingerprint density at radius 3 is 2.59 bits per heavy atom. The minimum Gasteiger partial charge on any atom is -0.445 e. The smallest absolute Gasteiger partial charge is 0.410 e. The Bertz CT molecular complexity index is 478. The number of amides is 1. The minimum atomic E-state index is -0.236. The van der Waals surface area contributed by atoms with E-state index in [-0.39, 0.29) is 12.2 Å². The monoisotopic (exact) mass is 303 g/mol. The van der Waals surface area contributed by atoms with E-state index in [0.29, 0.717) is 26.3 Å². The first-order valence-electron chi connectivity index (χ1n) is 7.93. The molecule has 0 aliphatic carbocycles. The highest BCUT2D eigenvalue weighted by Crippen LogP contribution is 2.16. The molecule has 1 heterocycles. The molecule has 0 aromatic heterocycles. The number of rotatable bonds is 6. The zero-order chi connectivity index (χ0) is 15.8. The maximum absolute atomic E-state index is 12.0. The van der Waals surface area contributed by atoms with Gasteiger partial charge in [-0.15, -0.1) is 0 Å². The third-order valence-corrected chi connectivity index (χ3v) is 3.93. The fraction of sp³-hybridized carbons (Fsp3) is 0.500. The molecular formula is C18H25NO3. The standard InChI is InChI=1S/C18H25NO3/c1-3-15(2)13-21-17-9-11-19(12-10-17)18(20)22-14-16-7-5-4-6-8-16/h4-8,17H,2-3,9-14H2,1H3. The molecule has 1 aromatic rings. The first kappa shape index (κ1) is 16.6. The Morgan fingerprint density at radius 2 is 1.95 bits per heavy atom. The van der Waals surface area contributed by atoms with E-state index in [2.05, 4.69) is 13.5 Å². The molecule has 4 nitrogen and oxygen atoms in total. The number of carbonyl (C=O) groups excluding carboxylic acids is 1. The van der Waals surface area contributed by atoms with Crippen LogP contribution in [0.25, 0.3) is 0 Å². The lowest BCUT2D eigenvalue weighted by atomic mass is 10.1. The summed E-state index contributed by atoms with van der Waals surface area (Å²) in [5, 5.41) is 0. The van der Waals surface area contributed by atoms with Crippen LogP contribution >= 0.6 is 0 Å². The maximum atomic E-state index is 12.0. The third-order valence-electron chi connectivity index (χ3n) is 3.93. The van der Waals surface area contributed by atoms with Crippen molar-refractivity contribution in [3.63, 3.8) is 0 Å². The lowest BCUT2D eigenvalue weighted by Gasteiger charge is -2.31. The van der Waals surface area contributed by atoms with Crippen molar-refractivity contribution in [2.75, 3.05) is 19.7 Å². The highest BCUT2D eigenvalue weighted by molar-refractivity contribution is 5.67. The van der Waals surface area contributed by atoms with Crippen molar-refractivity contribution in [1.29, 1.82) is 0 Å². The summed E-state index contributed by atoms with van der Waals surface area (Å²) in [6.07, 6.45) is 2.65. The van der Waals surface area contributed by atoms with Crippen molar-refractivity contribution in [2.24, 2.45) is 0 Å². The van der Waals surface area contributed by atoms with Crippen LogP contribution < -0.4 is 0 Å². The molecule has 0 radical (unpaired) electrons.